The number of ether oxygens (including phenoxy) is 7. The Morgan fingerprint density at radius 2 is 0.983 bits per heavy atom. The van der Waals surface area contributed by atoms with Crippen LogP contribution in [0.2, 0.25) is 10.0 Å². The first kappa shape index (κ1) is 38.7. The lowest BCUT2D eigenvalue weighted by Crippen LogP contribution is -2.18. The maximum Gasteiger partial charge on any atom is 0.573 e. The number of alkyl halides is 10. The number of rotatable bonds is 12. The third kappa shape index (κ3) is 11.2. The largest absolute Gasteiger partial charge is 0.573 e. The molecule has 0 saturated heterocycles. The van der Waals surface area contributed by atoms with Gasteiger partial charge >= 0.3 is 24.7 Å². The maximum absolute atomic E-state index is 14.6. The van der Waals surface area contributed by atoms with Crippen LogP contribution in [0.3, 0.4) is 0 Å². The van der Waals surface area contributed by atoms with Crippen molar-refractivity contribution in [3.63, 3.8) is 0 Å². The first-order chi connectivity index (χ1) is 29.6. The van der Waals surface area contributed by atoms with Crippen LogP contribution >= 0.6 is 23.2 Å². The van der Waals surface area contributed by atoms with Gasteiger partial charge in [0.15, 0.2) is 34.6 Å². The van der Waals surface area contributed by atoms with Gasteiger partial charge in [0, 0.05) is 12.1 Å². The zero-order chi connectivity index (χ0) is 49.9. The van der Waals surface area contributed by atoms with Crippen LogP contribution in [-0.4, -0.2) is 51.0 Å². The van der Waals surface area contributed by atoms with E-state index in [1.165, 1.54) is 0 Å². The number of hydrogen-bond donors (Lipinski definition) is 1. The second-order valence-electron chi connectivity index (χ2n) is 10.2. The van der Waals surface area contributed by atoms with Gasteiger partial charge in [0.1, 0.15) is 22.6 Å². The molecule has 4 aromatic rings. The fraction of sp³-hybridized carbons (Fsp3) is 0.212. The monoisotopic (exact) mass is 916 g/mol. The van der Waals surface area contributed by atoms with E-state index in [0.29, 0.717) is 36.4 Å². The molecule has 0 bridgehead atoms. The summed E-state index contributed by atoms with van der Waals surface area (Å²) in [7, 11) is -6.12. The lowest BCUT2D eigenvalue weighted by atomic mass is 10.1. The molecule has 4 aromatic carbocycles. The van der Waals surface area contributed by atoms with E-state index in [4.69, 9.17) is 46.0 Å². The Balaban J connectivity index is 0.000000345. The van der Waals surface area contributed by atoms with Crippen molar-refractivity contribution in [1.29, 1.82) is 0 Å². The van der Waals surface area contributed by atoms with Crippen molar-refractivity contribution < 1.29 is 118 Å². The van der Waals surface area contributed by atoms with Crippen molar-refractivity contribution in [1.82, 2.24) is 0 Å². The van der Waals surface area contributed by atoms with Gasteiger partial charge in [-0.15, -0.1) is 26.3 Å². The molecule has 0 fully saturated rings. The SMILES string of the molecule is [2H]C([2H])([2H])Oc1c(Oc2cc(Cl)c(C(F)F)c(F)c2C(=O)O)ccc(OC(F)(F)F)c1F.[2H]C([2H])([2H])Oc1c(Oc2cc(Cl)c(C(F)F)c(F)c2C(=O)OC)ccc(OC(F)(F)F)c1F. The Kier molecular flexibility index (Phi) is 12.4. The van der Waals surface area contributed by atoms with Crippen LogP contribution in [-0.2, 0) is 4.74 Å². The van der Waals surface area contributed by atoms with Crippen LogP contribution in [0.15, 0.2) is 36.4 Å². The van der Waals surface area contributed by atoms with Crippen molar-refractivity contribution in [3.8, 4) is 46.0 Å². The molecule has 0 spiro atoms. The molecular weight excluding hydrogens is 893 g/mol. The number of benzene rings is 4. The molecule has 0 saturated carbocycles. The number of carboxylic acid groups (broad SMARTS) is 1. The zero-order valence-electron chi connectivity index (χ0n) is 33.8. The lowest BCUT2D eigenvalue weighted by molar-refractivity contribution is -0.276. The fourth-order valence-corrected chi connectivity index (χ4v) is 4.84. The van der Waals surface area contributed by atoms with Crippen LogP contribution in [0.25, 0.3) is 0 Å². The summed E-state index contributed by atoms with van der Waals surface area (Å²) in [5.41, 5.74) is -5.63. The van der Waals surface area contributed by atoms with E-state index in [2.05, 4.69) is 23.7 Å². The van der Waals surface area contributed by atoms with Crippen LogP contribution in [0.5, 0.6) is 46.0 Å². The second kappa shape index (κ2) is 18.9. The molecule has 59 heavy (non-hydrogen) atoms. The van der Waals surface area contributed by atoms with Crippen molar-refractivity contribution >= 4 is 35.1 Å². The van der Waals surface area contributed by atoms with Crippen LogP contribution in [0.4, 0.5) is 61.5 Å². The topological polar surface area (TPSA) is 119 Å². The molecular formula is C33H18Cl2F14O10. The molecule has 1 N–H and O–H groups in total. The van der Waals surface area contributed by atoms with E-state index in [-0.39, 0.29) is 0 Å². The van der Waals surface area contributed by atoms with Crippen LogP contribution in [0, 0.1) is 23.3 Å². The fourth-order valence-electron chi connectivity index (χ4n) is 4.31. The van der Waals surface area contributed by atoms with E-state index in [9.17, 15) is 71.1 Å². The van der Waals surface area contributed by atoms with Crippen molar-refractivity contribution in [2.24, 2.45) is 0 Å². The third-order valence-corrected chi connectivity index (χ3v) is 7.25. The molecule has 0 unspecified atom stereocenters. The average molecular weight is 917 g/mol. The number of methoxy groups -OCH3 is 3. The molecule has 0 aliphatic heterocycles. The summed E-state index contributed by atoms with van der Waals surface area (Å²) >= 11 is 11.1. The summed E-state index contributed by atoms with van der Waals surface area (Å²) in [6, 6.07) is 2.59. The number of esters is 1. The summed E-state index contributed by atoms with van der Waals surface area (Å²) in [5, 5.41) is 7.21. The number of hydrogen-bond acceptors (Lipinski definition) is 9. The van der Waals surface area contributed by atoms with E-state index in [0.717, 1.165) is 7.11 Å². The molecule has 0 aliphatic carbocycles. The highest BCUT2D eigenvalue weighted by molar-refractivity contribution is 6.32. The number of aromatic carboxylic acids is 1. The van der Waals surface area contributed by atoms with Gasteiger partial charge < -0.3 is 38.3 Å². The number of carbonyl (C=O) groups excluding carboxylic acids is 1. The highest BCUT2D eigenvalue weighted by Crippen LogP contribution is 2.45. The van der Waals surface area contributed by atoms with Gasteiger partial charge in [-0.1, -0.05) is 23.2 Å². The van der Waals surface area contributed by atoms with E-state index in [1.807, 2.05) is 0 Å². The summed E-state index contributed by atoms with van der Waals surface area (Å²) in [5.74, 6) is -21.7. The Hall–Kier alpha value is -5.78. The first-order valence-electron chi connectivity index (χ1n) is 17.4. The first-order valence-corrected chi connectivity index (χ1v) is 15.1. The number of halogens is 16. The lowest BCUT2D eigenvalue weighted by Gasteiger charge is -2.17. The Labute approximate surface area is 337 Å². The van der Waals surface area contributed by atoms with E-state index >= 15 is 0 Å². The molecule has 10 nitrogen and oxygen atoms in total. The third-order valence-electron chi connectivity index (χ3n) is 6.62. The summed E-state index contributed by atoms with van der Waals surface area (Å²) in [6.45, 7) is 0. The molecule has 0 aromatic heterocycles. The molecule has 0 radical (unpaired) electrons. The Morgan fingerprint density at radius 3 is 1.31 bits per heavy atom. The van der Waals surface area contributed by atoms with Crippen molar-refractivity contribution in [2.45, 2.75) is 25.6 Å². The van der Waals surface area contributed by atoms with Gasteiger partial charge in [-0.05, 0) is 24.3 Å². The van der Waals surface area contributed by atoms with Gasteiger partial charge in [-0.2, -0.15) is 8.78 Å². The minimum absolute atomic E-state index is 0.316. The summed E-state index contributed by atoms with van der Waals surface area (Å²) in [4.78, 5) is 23.3. The minimum atomic E-state index is -5.39. The van der Waals surface area contributed by atoms with E-state index < -0.39 is 153 Å². The van der Waals surface area contributed by atoms with Crippen LogP contribution < -0.4 is 28.4 Å². The molecule has 0 amide bonds. The normalized spacial score (nSPS) is 13.4. The van der Waals surface area contributed by atoms with Crippen molar-refractivity contribution in [3.05, 3.63) is 92.0 Å². The number of carbonyl (C=O) groups is 2. The molecule has 0 aliphatic rings. The van der Waals surface area contributed by atoms with Crippen LogP contribution in [0.1, 0.15) is 52.9 Å². The standard InChI is InChI=1S/C17H10ClF7O5.C16H8ClF7O5/c1-27-14-8(4-3-7(12(14)19)30-17(23,24)25)29-9-5-6(18)10(15(21)22)13(20)11(9)16(26)28-2;1-27-13-7(3-2-6(11(13)18)29-16(22,23)24)28-8-4-5(17)9(14(20)21)12(19)10(8)15(25)26/h3-5,15H,1-2H3;2-4,14H,1H3,(H,25,26)/i2*1D3. The Morgan fingerprint density at radius 1 is 0.627 bits per heavy atom. The quantitative estimate of drug-likeness (QED) is 0.109. The second-order valence-corrected chi connectivity index (χ2v) is 11.0. The summed E-state index contributed by atoms with van der Waals surface area (Å²) < 4.78 is 257. The summed E-state index contributed by atoms with van der Waals surface area (Å²) in [6.07, 6.45) is -17.8. The molecule has 26 heteroatoms. The molecule has 4 rings (SSSR count). The molecule has 0 heterocycles. The van der Waals surface area contributed by atoms with Gasteiger partial charge in [0.25, 0.3) is 12.9 Å². The molecule has 322 valence electrons. The Bertz CT molecular complexity index is 2440. The highest BCUT2D eigenvalue weighted by atomic mass is 35.5. The van der Waals surface area contributed by atoms with Gasteiger partial charge in [-0.3, -0.25) is 0 Å². The number of carboxylic acids is 1. The van der Waals surface area contributed by atoms with Crippen molar-refractivity contribution in [2.75, 3.05) is 21.2 Å². The van der Waals surface area contributed by atoms with Gasteiger partial charge in [0.2, 0.25) is 23.1 Å². The van der Waals surface area contributed by atoms with Gasteiger partial charge in [-0.25, -0.2) is 35.9 Å². The van der Waals surface area contributed by atoms with Gasteiger partial charge in [0.05, 0.1) is 50.6 Å². The predicted octanol–water partition coefficient (Wildman–Crippen LogP) is 12.0. The molecule has 0 atom stereocenters. The predicted molar refractivity (Wildman–Crippen MR) is 170 cm³/mol. The maximum atomic E-state index is 14.6. The smallest absolute Gasteiger partial charge is 0.490 e. The van der Waals surface area contributed by atoms with E-state index in [1.54, 1.807) is 0 Å². The zero-order valence-corrected chi connectivity index (χ0v) is 29.3. The minimum Gasteiger partial charge on any atom is -0.490 e. The highest BCUT2D eigenvalue weighted by Gasteiger charge is 2.36. The average Bonchev–Trinajstić information content (AvgIpc) is 3.11.